The number of H-pyrrole nitrogens is 1. The minimum atomic E-state index is 0.117. The number of benzene rings is 1. The first-order chi connectivity index (χ1) is 9.31. The second-order valence-electron chi connectivity index (χ2n) is 4.57. The van der Waals surface area contributed by atoms with Crippen molar-refractivity contribution in [3.8, 4) is 0 Å². The van der Waals surface area contributed by atoms with Crippen molar-refractivity contribution in [2.75, 3.05) is 6.54 Å². The molecule has 2 N–H and O–H groups in total. The van der Waals surface area contributed by atoms with E-state index < -0.39 is 0 Å². The number of fused-ring (bicyclic) bond motifs is 2. The fourth-order valence-electron chi connectivity index (χ4n) is 2.46. The number of hydrogen-bond acceptors (Lipinski definition) is 4. The van der Waals surface area contributed by atoms with Gasteiger partial charge in [0.2, 0.25) is 0 Å². The average molecular weight is 335 g/mol. The second kappa shape index (κ2) is 4.40. The molecule has 0 saturated heterocycles. The van der Waals surface area contributed by atoms with Crippen molar-refractivity contribution in [1.29, 1.82) is 0 Å². The van der Waals surface area contributed by atoms with Gasteiger partial charge in [-0.3, -0.25) is 0 Å². The maximum atomic E-state index is 4.74. The van der Waals surface area contributed by atoms with Gasteiger partial charge in [-0.25, -0.2) is 9.97 Å². The van der Waals surface area contributed by atoms with E-state index in [1.54, 1.807) is 17.7 Å². The largest absolute Gasteiger partial charge is 0.348 e. The first kappa shape index (κ1) is 11.6. The Balaban J connectivity index is 1.83. The molecule has 0 fully saturated rings. The molecule has 19 heavy (non-hydrogen) atoms. The number of thiazole rings is 1. The van der Waals surface area contributed by atoms with E-state index in [2.05, 4.69) is 37.3 Å². The number of aromatic nitrogens is 3. The highest BCUT2D eigenvalue weighted by molar-refractivity contribution is 9.10. The molecule has 2 aromatic heterocycles. The van der Waals surface area contributed by atoms with Gasteiger partial charge in [0.05, 0.1) is 22.2 Å². The highest BCUT2D eigenvalue weighted by Gasteiger charge is 2.26. The van der Waals surface area contributed by atoms with Crippen molar-refractivity contribution in [1.82, 2.24) is 20.3 Å². The zero-order chi connectivity index (χ0) is 12.8. The number of nitrogens with zero attached hydrogens (tertiary/aromatic N) is 2. The number of halogens is 1. The minimum absolute atomic E-state index is 0.117. The van der Waals surface area contributed by atoms with Crippen LogP contribution in [0.25, 0.3) is 10.2 Å². The van der Waals surface area contributed by atoms with Gasteiger partial charge in [0.25, 0.3) is 0 Å². The smallest absolute Gasteiger partial charge is 0.117 e. The van der Waals surface area contributed by atoms with E-state index in [4.69, 9.17) is 4.98 Å². The molecule has 0 radical (unpaired) electrons. The normalized spacial score (nSPS) is 18.7. The summed E-state index contributed by atoms with van der Waals surface area (Å²) in [7, 11) is 0. The zero-order valence-electron chi connectivity index (χ0n) is 9.98. The van der Waals surface area contributed by atoms with Crippen molar-refractivity contribution in [3.63, 3.8) is 0 Å². The van der Waals surface area contributed by atoms with Crippen LogP contribution in [-0.4, -0.2) is 21.5 Å². The van der Waals surface area contributed by atoms with Crippen molar-refractivity contribution < 1.29 is 0 Å². The van der Waals surface area contributed by atoms with Gasteiger partial charge in [-0.2, -0.15) is 0 Å². The average Bonchev–Trinajstić information content (AvgIpc) is 3.03. The molecule has 0 spiro atoms. The summed E-state index contributed by atoms with van der Waals surface area (Å²) in [6, 6.07) is 6.31. The summed E-state index contributed by atoms with van der Waals surface area (Å²) in [5, 5.41) is 4.59. The fourth-order valence-corrected chi connectivity index (χ4v) is 4.06. The van der Waals surface area contributed by atoms with Crippen LogP contribution in [0.3, 0.4) is 0 Å². The van der Waals surface area contributed by atoms with Crippen LogP contribution >= 0.6 is 27.3 Å². The third-order valence-corrected chi connectivity index (χ3v) is 4.94. The van der Waals surface area contributed by atoms with E-state index in [1.807, 2.05) is 12.1 Å². The molecule has 1 atom stereocenters. The molecule has 3 heterocycles. The van der Waals surface area contributed by atoms with E-state index in [-0.39, 0.29) is 6.04 Å². The Morgan fingerprint density at radius 1 is 1.37 bits per heavy atom. The molecule has 1 aliphatic rings. The molecule has 1 aromatic carbocycles. The number of aromatic amines is 1. The van der Waals surface area contributed by atoms with E-state index in [0.717, 1.165) is 33.7 Å². The molecular weight excluding hydrogens is 324 g/mol. The van der Waals surface area contributed by atoms with Gasteiger partial charge in [0.1, 0.15) is 11.0 Å². The van der Waals surface area contributed by atoms with Crippen molar-refractivity contribution >= 4 is 37.5 Å². The Morgan fingerprint density at radius 2 is 2.32 bits per heavy atom. The molecule has 0 amide bonds. The van der Waals surface area contributed by atoms with Crippen LogP contribution in [0.15, 0.2) is 29.0 Å². The molecular formula is C13H11BrN4S. The highest BCUT2D eigenvalue weighted by Crippen LogP contribution is 2.33. The third-order valence-electron chi connectivity index (χ3n) is 3.36. The van der Waals surface area contributed by atoms with Crippen LogP contribution < -0.4 is 5.32 Å². The van der Waals surface area contributed by atoms with Crippen LogP contribution in [0.4, 0.5) is 0 Å². The van der Waals surface area contributed by atoms with Gasteiger partial charge in [-0.15, -0.1) is 11.3 Å². The van der Waals surface area contributed by atoms with E-state index in [1.165, 1.54) is 10.4 Å². The fraction of sp³-hybridized carbons (Fsp3) is 0.231. The Kier molecular flexibility index (Phi) is 2.68. The van der Waals surface area contributed by atoms with Gasteiger partial charge in [0, 0.05) is 23.1 Å². The molecule has 3 aromatic rings. The summed E-state index contributed by atoms with van der Waals surface area (Å²) in [4.78, 5) is 12.4. The minimum Gasteiger partial charge on any atom is -0.348 e. The zero-order valence-corrected chi connectivity index (χ0v) is 12.4. The second-order valence-corrected chi connectivity index (χ2v) is 6.55. The first-order valence-electron chi connectivity index (χ1n) is 6.13. The van der Waals surface area contributed by atoms with Crippen LogP contribution in [-0.2, 0) is 6.42 Å². The Labute approximate surface area is 122 Å². The number of imidazole rings is 1. The molecule has 0 aliphatic carbocycles. The summed E-state index contributed by atoms with van der Waals surface area (Å²) < 4.78 is 2.29. The third kappa shape index (κ3) is 1.91. The molecule has 1 aliphatic heterocycles. The predicted molar refractivity (Wildman–Crippen MR) is 79.5 cm³/mol. The molecule has 6 heteroatoms. The number of nitrogens with one attached hydrogen (secondary N) is 2. The van der Waals surface area contributed by atoms with Gasteiger partial charge < -0.3 is 10.3 Å². The lowest BCUT2D eigenvalue weighted by Crippen LogP contribution is -2.30. The first-order valence-corrected chi connectivity index (χ1v) is 7.74. The van der Waals surface area contributed by atoms with Crippen molar-refractivity contribution in [3.05, 3.63) is 45.4 Å². The van der Waals surface area contributed by atoms with Gasteiger partial charge in [0.15, 0.2) is 0 Å². The summed E-state index contributed by atoms with van der Waals surface area (Å²) in [6.07, 6.45) is 2.77. The summed E-state index contributed by atoms with van der Waals surface area (Å²) in [5.74, 6) is 0. The number of hydrogen-bond donors (Lipinski definition) is 2. The molecule has 1 unspecified atom stereocenters. The van der Waals surface area contributed by atoms with Crippen LogP contribution in [0.5, 0.6) is 0 Å². The summed E-state index contributed by atoms with van der Waals surface area (Å²) in [5.41, 5.74) is 3.36. The van der Waals surface area contributed by atoms with Gasteiger partial charge in [-0.05, 0) is 18.2 Å². The topological polar surface area (TPSA) is 53.6 Å². The van der Waals surface area contributed by atoms with Crippen LogP contribution in [0.2, 0.25) is 0 Å². The van der Waals surface area contributed by atoms with E-state index in [0.29, 0.717) is 0 Å². The van der Waals surface area contributed by atoms with Crippen LogP contribution in [0, 0.1) is 0 Å². The summed E-state index contributed by atoms with van der Waals surface area (Å²) in [6.45, 7) is 0.958. The lowest BCUT2D eigenvalue weighted by Gasteiger charge is -2.20. The maximum absolute atomic E-state index is 4.74. The lowest BCUT2D eigenvalue weighted by atomic mass is 10.1. The van der Waals surface area contributed by atoms with Crippen molar-refractivity contribution in [2.24, 2.45) is 0 Å². The standard InChI is InChI=1S/C13H11BrN4S/c14-7-1-2-8-10(5-7)19-13(18-8)12-11-9(3-4-15-12)16-6-17-11/h1-2,5-6,12,15H,3-4H2,(H,16,17). The van der Waals surface area contributed by atoms with E-state index in [9.17, 15) is 0 Å². The quantitative estimate of drug-likeness (QED) is 0.719. The highest BCUT2D eigenvalue weighted by atomic mass is 79.9. The van der Waals surface area contributed by atoms with Crippen LogP contribution in [0.1, 0.15) is 22.4 Å². The number of rotatable bonds is 1. The Hall–Kier alpha value is -1.24. The lowest BCUT2D eigenvalue weighted by molar-refractivity contribution is 0.552. The molecule has 96 valence electrons. The molecule has 4 nitrogen and oxygen atoms in total. The van der Waals surface area contributed by atoms with Gasteiger partial charge >= 0.3 is 0 Å². The van der Waals surface area contributed by atoms with E-state index >= 15 is 0 Å². The monoisotopic (exact) mass is 334 g/mol. The molecule has 0 saturated carbocycles. The van der Waals surface area contributed by atoms with Crippen molar-refractivity contribution in [2.45, 2.75) is 12.5 Å². The molecule has 4 rings (SSSR count). The Bertz CT molecular complexity index is 748. The molecule has 0 bridgehead atoms. The predicted octanol–water partition coefficient (Wildman–Crippen LogP) is 3.02. The Morgan fingerprint density at radius 3 is 3.26 bits per heavy atom. The van der Waals surface area contributed by atoms with Gasteiger partial charge in [-0.1, -0.05) is 15.9 Å². The SMILES string of the molecule is Brc1ccc2nc(C3NCCc4[nH]cnc43)sc2c1. The maximum Gasteiger partial charge on any atom is 0.117 e. The summed E-state index contributed by atoms with van der Waals surface area (Å²) >= 11 is 5.23.